The molecular weight excluding hydrogens is 222 g/mol. The Morgan fingerprint density at radius 3 is 2.71 bits per heavy atom. The maximum atomic E-state index is 11.8. The molecule has 1 fully saturated rings. The number of nitrogens with zero attached hydrogens (tertiary/aromatic N) is 1. The summed E-state index contributed by atoms with van der Waals surface area (Å²) in [5, 5.41) is 8.51. The molecule has 0 aliphatic carbocycles. The summed E-state index contributed by atoms with van der Waals surface area (Å²) in [6.07, 6.45) is 1.83. The second-order valence-corrected chi connectivity index (χ2v) is 4.41. The molecule has 1 N–H and O–H groups in total. The van der Waals surface area contributed by atoms with Gasteiger partial charge in [-0.15, -0.1) is 0 Å². The minimum atomic E-state index is -0.843. The fourth-order valence-corrected chi connectivity index (χ4v) is 2.00. The van der Waals surface area contributed by atoms with Crippen LogP contribution in [0, 0.1) is 5.92 Å². The number of amides is 1. The average Bonchev–Trinajstić information content (AvgIpc) is 2.77. The smallest absolute Gasteiger partial charge is 0.303 e. The molecule has 1 unspecified atom stereocenters. The van der Waals surface area contributed by atoms with Gasteiger partial charge in [0.2, 0.25) is 5.91 Å². The number of aliphatic carboxylic acids is 1. The molecule has 0 aromatic rings. The highest BCUT2D eigenvalue weighted by Crippen LogP contribution is 2.14. The zero-order chi connectivity index (χ0) is 12.7. The molecule has 1 atom stereocenters. The minimum Gasteiger partial charge on any atom is -0.481 e. The van der Waals surface area contributed by atoms with Crippen molar-refractivity contribution in [3.8, 4) is 0 Å². The van der Waals surface area contributed by atoms with Crippen LogP contribution in [0.15, 0.2) is 0 Å². The molecule has 1 heterocycles. The van der Waals surface area contributed by atoms with E-state index in [1.54, 1.807) is 4.90 Å². The molecule has 0 aromatic carbocycles. The number of hydrogen-bond acceptors (Lipinski definition) is 3. The van der Waals surface area contributed by atoms with Crippen molar-refractivity contribution < 1.29 is 19.4 Å². The second kappa shape index (κ2) is 7.27. The van der Waals surface area contributed by atoms with Gasteiger partial charge in [-0.2, -0.15) is 0 Å². The molecule has 5 heteroatoms. The van der Waals surface area contributed by atoms with Crippen LogP contribution in [0.4, 0.5) is 0 Å². The monoisotopic (exact) mass is 243 g/mol. The normalized spacial score (nSPS) is 19.2. The van der Waals surface area contributed by atoms with E-state index in [9.17, 15) is 9.59 Å². The van der Waals surface area contributed by atoms with E-state index >= 15 is 0 Å². The second-order valence-electron chi connectivity index (χ2n) is 4.41. The van der Waals surface area contributed by atoms with Gasteiger partial charge >= 0.3 is 5.97 Å². The number of carbonyl (C=O) groups excluding carboxylic acids is 1. The van der Waals surface area contributed by atoms with Gasteiger partial charge in [0.15, 0.2) is 0 Å². The lowest BCUT2D eigenvalue weighted by molar-refractivity contribution is -0.137. The van der Waals surface area contributed by atoms with E-state index in [4.69, 9.17) is 9.84 Å². The summed E-state index contributed by atoms with van der Waals surface area (Å²) >= 11 is 0. The van der Waals surface area contributed by atoms with Gasteiger partial charge in [0.05, 0.1) is 6.61 Å². The summed E-state index contributed by atoms with van der Waals surface area (Å²) in [6, 6.07) is 0. The molecule has 0 radical (unpaired) electrons. The molecule has 0 aromatic heterocycles. The molecule has 1 aliphatic heterocycles. The Hall–Kier alpha value is -1.10. The quantitative estimate of drug-likeness (QED) is 0.727. The molecular formula is C12H21NO4. The SMILES string of the molecule is CCN(CC1CCOC1)C(=O)CCCC(=O)O. The molecule has 0 saturated carbocycles. The van der Waals surface area contributed by atoms with Gasteiger partial charge in [-0.3, -0.25) is 9.59 Å². The van der Waals surface area contributed by atoms with E-state index in [1.165, 1.54) is 0 Å². The third kappa shape index (κ3) is 5.17. The lowest BCUT2D eigenvalue weighted by Crippen LogP contribution is -2.35. The minimum absolute atomic E-state index is 0.0562. The molecule has 98 valence electrons. The Bertz CT molecular complexity index is 261. The molecule has 1 rings (SSSR count). The first-order valence-electron chi connectivity index (χ1n) is 6.20. The maximum Gasteiger partial charge on any atom is 0.303 e. The number of carboxylic acids is 1. The van der Waals surface area contributed by atoms with Crippen molar-refractivity contribution in [2.75, 3.05) is 26.3 Å². The zero-order valence-electron chi connectivity index (χ0n) is 10.4. The topological polar surface area (TPSA) is 66.8 Å². The van der Waals surface area contributed by atoms with E-state index < -0.39 is 5.97 Å². The van der Waals surface area contributed by atoms with Crippen LogP contribution in [0.3, 0.4) is 0 Å². The number of rotatable bonds is 7. The largest absolute Gasteiger partial charge is 0.481 e. The van der Waals surface area contributed by atoms with Crippen molar-refractivity contribution >= 4 is 11.9 Å². The Morgan fingerprint density at radius 1 is 1.41 bits per heavy atom. The van der Waals surface area contributed by atoms with Gasteiger partial charge in [-0.25, -0.2) is 0 Å². The Kier molecular flexibility index (Phi) is 5.97. The van der Waals surface area contributed by atoms with Crippen LogP contribution in [0.2, 0.25) is 0 Å². The van der Waals surface area contributed by atoms with E-state index in [-0.39, 0.29) is 12.3 Å². The lowest BCUT2D eigenvalue weighted by atomic mass is 10.1. The predicted octanol–water partition coefficient (Wildman–Crippen LogP) is 1.13. The van der Waals surface area contributed by atoms with Gasteiger partial charge < -0.3 is 14.7 Å². The van der Waals surface area contributed by atoms with Crippen LogP contribution in [0.5, 0.6) is 0 Å². The van der Waals surface area contributed by atoms with Crippen LogP contribution in [-0.2, 0) is 14.3 Å². The van der Waals surface area contributed by atoms with Crippen LogP contribution in [-0.4, -0.2) is 48.2 Å². The van der Waals surface area contributed by atoms with Gasteiger partial charge in [0.25, 0.3) is 0 Å². The van der Waals surface area contributed by atoms with Crippen molar-refractivity contribution in [2.45, 2.75) is 32.6 Å². The van der Waals surface area contributed by atoms with Crippen molar-refractivity contribution in [2.24, 2.45) is 5.92 Å². The summed E-state index contributed by atoms with van der Waals surface area (Å²) in [7, 11) is 0. The molecule has 1 aliphatic rings. The number of carbonyl (C=O) groups is 2. The molecule has 0 spiro atoms. The number of carboxylic acid groups (broad SMARTS) is 1. The van der Waals surface area contributed by atoms with Crippen molar-refractivity contribution in [1.29, 1.82) is 0 Å². The first kappa shape index (κ1) is 14.0. The van der Waals surface area contributed by atoms with E-state index in [0.29, 0.717) is 25.3 Å². The fourth-order valence-electron chi connectivity index (χ4n) is 2.00. The van der Waals surface area contributed by atoms with Crippen molar-refractivity contribution in [1.82, 2.24) is 4.90 Å². The molecule has 0 bridgehead atoms. The lowest BCUT2D eigenvalue weighted by Gasteiger charge is -2.23. The third-order valence-electron chi connectivity index (χ3n) is 3.02. The fraction of sp³-hybridized carbons (Fsp3) is 0.833. The van der Waals surface area contributed by atoms with Gasteiger partial charge in [0.1, 0.15) is 0 Å². The highest BCUT2D eigenvalue weighted by atomic mass is 16.5. The van der Waals surface area contributed by atoms with Crippen LogP contribution in [0.1, 0.15) is 32.6 Å². The van der Waals surface area contributed by atoms with Crippen molar-refractivity contribution in [3.05, 3.63) is 0 Å². The maximum absolute atomic E-state index is 11.8. The first-order chi connectivity index (χ1) is 8.13. The van der Waals surface area contributed by atoms with E-state index in [0.717, 1.165) is 26.2 Å². The summed E-state index contributed by atoms with van der Waals surface area (Å²) in [5.74, 6) is -0.343. The summed E-state index contributed by atoms with van der Waals surface area (Å²) < 4.78 is 5.28. The van der Waals surface area contributed by atoms with Crippen LogP contribution in [0.25, 0.3) is 0 Å². The van der Waals surface area contributed by atoms with E-state index in [1.807, 2.05) is 6.92 Å². The van der Waals surface area contributed by atoms with E-state index in [2.05, 4.69) is 0 Å². The molecule has 5 nitrogen and oxygen atoms in total. The van der Waals surface area contributed by atoms with Crippen LogP contribution >= 0.6 is 0 Å². The standard InChI is InChI=1S/C12H21NO4/c1-2-13(8-10-6-7-17-9-10)11(14)4-3-5-12(15)16/h10H,2-9H2,1H3,(H,15,16). The van der Waals surface area contributed by atoms with Crippen LogP contribution < -0.4 is 0 Å². The number of ether oxygens (including phenoxy) is 1. The predicted molar refractivity (Wildman–Crippen MR) is 62.7 cm³/mol. The number of hydrogen-bond donors (Lipinski definition) is 1. The third-order valence-corrected chi connectivity index (χ3v) is 3.02. The molecule has 17 heavy (non-hydrogen) atoms. The molecule has 1 amide bonds. The van der Waals surface area contributed by atoms with Crippen molar-refractivity contribution in [3.63, 3.8) is 0 Å². The molecule has 1 saturated heterocycles. The van der Waals surface area contributed by atoms with Gasteiger partial charge in [-0.05, 0) is 19.8 Å². The van der Waals surface area contributed by atoms with Gasteiger partial charge in [-0.1, -0.05) is 0 Å². The van der Waals surface area contributed by atoms with Gasteiger partial charge in [0, 0.05) is 38.5 Å². The summed E-state index contributed by atoms with van der Waals surface area (Å²) in [4.78, 5) is 24.0. The Balaban J connectivity index is 2.27. The average molecular weight is 243 g/mol. The summed E-state index contributed by atoms with van der Waals surface area (Å²) in [5.41, 5.74) is 0. The Labute approximate surface area is 102 Å². The first-order valence-corrected chi connectivity index (χ1v) is 6.20. The highest BCUT2D eigenvalue weighted by molar-refractivity contribution is 5.77. The Morgan fingerprint density at radius 2 is 2.18 bits per heavy atom. The summed E-state index contributed by atoms with van der Waals surface area (Å²) in [6.45, 7) is 4.89. The highest BCUT2D eigenvalue weighted by Gasteiger charge is 2.21. The zero-order valence-corrected chi connectivity index (χ0v) is 10.4.